The Kier molecular flexibility index (Phi) is 20.4. The van der Waals surface area contributed by atoms with Crippen LogP contribution in [0.2, 0.25) is 0 Å². The van der Waals surface area contributed by atoms with Crippen molar-refractivity contribution < 1.29 is 33.3 Å². The summed E-state index contributed by atoms with van der Waals surface area (Å²) in [7, 11) is 0. The summed E-state index contributed by atoms with van der Waals surface area (Å²) in [6.45, 7) is 19.8. The molecule has 2 aromatic rings. The largest absolute Gasteiger partial charge is 0.444 e. The minimum absolute atomic E-state index is 0.166. The van der Waals surface area contributed by atoms with E-state index in [0.717, 1.165) is 84.5 Å². The van der Waals surface area contributed by atoms with E-state index in [-0.39, 0.29) is 24.3 Å². The molecule has 8 rings (SSSR count). The fraction of sp³-hybridized carbons (Fsp3) is 0.722. The quantitative estimate of drug-likeness (QED) is 0.237. The molecule has 0 radical (unpaired) electrons. The van der Waals surface area contributed by atoms with Gasteiger partial charge in [0.25, 0.3) is 0 Å². The molecule has 3 N–H and O–H groups in total. The molecule has 0 spiro atoms. The molecule has 0 bridgehead atoms. The second-order valence-electron chi connectivity index (χ2n) is 21.8. The zero-order chi connectivity index (χ0) is 47.8. The van der Waals surface area contributed by atoms with Gasteiger partial charge >= 0.3 is 12.2 Å². The summed E-state index contributed by atoms with van der Waals surface area (Å²) in [5, 5.41) is 3.97. The number of amides is 2. The maximum absolute atomic E-state index is 12.4. The van der Waals surface area contributed by atoms with Crippen molar-refractivity contribution in [1.29, 1.82) is 0 Å². The predicted molar refractivity (Wildman–Crippen MR) is 265 cm³/mol. The third-order valence-electron chi connectivity index (χ3n) is 14.1. The van der Waals surface area contributed by atoms with Crippen molar-refractivity contribution in [2.45, 2.75) is 198 Å². The monoisotopic (exact) mass is 931 g/mol. The highest BCUT2D eigenvalue weighted by Gasteiger charge is 2.37. The number of carbonyl (C=O) groups excluding carboxylic acids is 3. The minimum Gasteiger partial charge on any atom is -0.444 e. The Bertz CT molecular complexity index is 1770. The van der Waals surface area contributed by atoms with Crippen molar-refractivity contribution in [1.82, 2.24) is 24.9 Å². The number of nitrogens with two attached hydrogens (primary N) is 1. The standard InChI is InChI=1S/C27H43N3O3.C14H24N2O3.C13H19NO/c1-27(2,3)33-26(31)30-18-15-23(19-30)29-16-13-22(14-17-29)28-24-11-7-8-12-25(24)32-20-21-9-5-4-6-10-21;1-14(2,3)19-13(18)16-7-4-11(10-16)15-8-5-12(17)6-9-15;14-12-8-4-5-9-13(12)15-10-11-6-2-1-3-7-11/h4-6,9-10,22-25,28H,7-8,11-20H2,1-3H3;11H,4-10H2,1-3H3;1-3,6-7,12-13H,4-5,8-10,14H2/t23-,24-,25-;11-;12-,13-/m000/s1. The normalized spacial score (nSPS) is 26.8. The van der Waals surface area contributed by atoms with Crippen molar-refractivity contribution in [3.05, 3.63) is 71.8 Å². The summed E-state index contributed by atoms with van der Waals surface area (Å²) in [5.41, 5.74) is 7.64. The molecule has 67 heavy (non-hydrogen) atoms. The topological polar surface area (TPSA) is 139 Å². The van der Waals surface area contributed by atoms with Crippen molar-refractivity contribution in [2.75, 3.05) is 52.4 Å². The van der Waals surface area contributed by atoms with Crippen molar-refractivity contribution in [2.24, 2.45) is 5.73 Å². The van der Waals surface area contributed by atoms with Gasteiger partial charge in [-0.1, -0.05) is 86.3 Å². The van der Waals surface area contributed by atoms with Gasteiger partial charge in [0.2, 0.25) is 0 Å². The molecule has 4 heterocycles. The molecule has 6 fully saturated rings. The Morgan fingerprint density at radius 1 is 0.582 bits per heavy atom. The maximum Gasteiger partial charge on any atom is 0.410 e. The first kappa shape index (κ1) is 52.8. The number of ether oxygens (including phenoxy) is 4. The first-order chi connectivity index (χ1) is 32.1. The van der Waals surface area contributed by atoms with Gasteiger partial charge < -0.3 is 39.8 Å². The van der Waals surface area contributed by atoms with Crippen LogP contribution >= 0.6 is 0 Å². The molecule has 2 saturated carbocycles. The second-order valence-corrected chi connectivity index (χ2v) is 21.8. The highest BCUT2D eigenvalue weighted by Crippen LogP contribution is 2.27. The molecule has 13 nitrogen and oxygen atoms in total. The second kappa shape index (κ2) is 25.9. The molecule has 0 aromatic heterocycles. The van der Waals surface area contributed by atoms with E-state index in [1.807, 2.05) is 64.6 Å². The molecule has 2 amide bonds. The molecular weight excluding hydrogens is 845 g/mol. The van der Waals surface area contributed by atoms with E-state index in [0.29, 0.717) is 62.1 Å². The van der Waals surface area contributed by atoms with Crippen LogP contribution in [0, 0.1) is 0 Å². The van der Waals surface area contributed by atoms with Gasteiger partial charge in [-0.15, -0.1) is 0 Å². The number of nitrogens with zero attached hydrogens (tertiary/aromatic N) is 4. The van der Waals surface area contributed by atoms with Gasteiger partial charge in [-0.05, 0) is 117 Å². The number of hydrogen-bond donors (Lipinski definition) is 2. The summed E-state index contributed by atoms with van der Waals surface area (Å²) >= 11 is 0. The van der Waals surface area contributed by atoms with Crippen LogP contribution in [0.15, 0.2) is 60.7 Å². The Balaban J connectivity index is 0.000000183. The lowest BCUT2D eigenvalue weighted by Crippen LogP contribution is -2.53. The van der Waals surface area contributed by atoms with Gasteiger partial charge in [-0.3, -0.25) is 14.6 Å². The summed E-state index contributed by atoms with van der Waals surface area (Å²) in [4.78, 5) is 44.2. The van der Waals surface area contributed by atoms with Gasteiger partial charge in [-0.2, -0.15) is 0 Å². The molecule has 2 aromatic carbocycles. The number of likely N-dealkylation sites (tertiary alicyclic amines) is 4. The summed E-state index contributed by atoms with van der Waals surface area (Å²) < 4.78 is 23.2. The molecule has 4 aliphatic heterocycles. The molecule has 4 saturated heterocycles. The number of ketones is 1. The fourth-order valence-electron chi connectivity index (χ4n) is 10.3. The minimum atomic E-state index is -0.438. The highest BCUT2D eigenvalue weighted by atomic mass is 16.6. The highest BCUT2D eigenvalue weighted by molar-refractivity contribution is 5.79. The first-order valence-electron chi connectivity index (χ1n) is 25.9. The molecule has 374 valence electrons. The third-order valence-corrected chi connectivity index (χ3v) is 14.1. The number of benzene rings is 2. The van der Waals surface area contributed by atoms with Crippen LogP contribution in [0.1, 0.15) is 143 Å². The first-order valence-corrected chi connectivity index (χ1v) is 25.9. The van der Waals surface area contributed by atoms with Crippen LogP contribution in [0.25, 0.3) is 0 Å². The Morgan fingerprint density at radius 3 is 1.52 bits per heavy atom. The number of carbonyl (C=O) groups is 3. The van der Waals surface area contributed by atoms with E-state index < -0.39 is 11.2 Å². The van der Waals surface area contributed by atoms with Gasteiger partial charge in [0.15, 0.2) is 0 Å². The Labute approximate surface area is 403 Å². The van der Waals surface area contributed by atoms with Crippen molar-refractivity contribution >= 4 is 18.0 Å². The molecule has 2 aliphatic carbocycles. The van der Waals surface area contributed by atoms with Gasteiger partial charge in [0, 0.05) is 82.3 Å². The average Bonchev–Trinajstić information content (AvgIpc) is 4.02. The van der Waals surface area contributed by atoms with Crippen molar-refractivity contribution in [3.63, 3.8) is 0 Å². The van der Waals surface area contributed by atoms with Gasteiger partial charge in [0.1, 0.15) is 17.0 Å². The molecule has 6 aliphatic rings. The summed E-state index contributed by atoms with van der Waals surface area (Å²) in [5.74, 6) is 0.359. The van der Waals surface area contributed by atoms with E-state index in [4.69, 9.17) is 24.7 Å². The lowest BCUT2D eigenvalue weighted by molar-refractivity contribution is -0.121. The predicted octanol–water partition coefficient (Wildman–Crippen LogP) is 8.71. The SMILES string of the molecule is CC(C)(C)OC(=O)N1CC[C@H](N2CCC(=O)CC2)C1.CC(C)(C)OC(=O)N1CC[C@H](N2CCC(N[C@H]3CCCC[C@@H]3OCc3ccccc3)CC2)C1.N[C@H]1CCCC[C@@H]1OCc1ccccc1. The number of hydrogen-bond acceptors (Lipinski definition) is 11. The van der Waals surface area contributed by atoms with Gasteiger partial charge in [-0.25, -0.2) is 9.59 Å². The zero-order valence-corrected chi connectivity index (χ0v) is 42.0. The number of Topliss-reactive ketones (excluding diaryl/α,β-unsaturated/α-hetero) is 1. The lowest BCUT2D eigenvalue weighted by Gasteiger charge is -2.40. The number of rotatable bonds is 10. The van der Waals surface area contributed by atoms with Crippen LogP contribution in [0.3, 0.4) is 0 Å². The van der Waals surface area contributed by atoms with E-state index in [2.05, 4.69) is 57.6 Å². The van der Waals surface area contributed by atoms with Crippen LogP contribution < -0.4 is 11.1 Å². The maximum atomic E-state index is 12.4. The van der Waals surface area contributed by atoms with Crippen LogP contribution in [0.4, 0.5) is 9.59 Å². The third kappa shape index (κ3) is 18.0. The zero-order valence-electron chi connectivity index (χ0n) is 42.0. The van der Waals surface area contributed by atoms with E-state index in [1.54, 1.807) is 4.90 Å². The smallest absolute Gasteiger partial charge is 0.410 e. The number of nitrogens with one attached hydrogen (secondary N) is 1. The molecule has 0 unspecified atom stereocenters. The fourth-order valence-corrected chi connectivity index (χ4v) is 10.3. The van der Waals surface area contributed by atoms with E-state index in [1.165, 1.54) is 56.1 Å². The molecule has 6 atom stereocenters. The number of piperidine rings is 2. The Hall–Kier alpha value is -3.59. The van der Waals surface area contributed by atoms with E-state index in [9.17, 15) is 14.4 Å². The van der Waals surface area contributed by atoms with Crippen LogP contribution in [0.5, 0.6) is 0 Å². The average molecular weight is 931 g/mol. The van der Waals surface area contributed by atoms with E-state index >= 15 is 0 Å². The summed E-state index contributed by atoms with van der Waals surface area (Å²) in [6.07, 6.45) is 15.6. The molecule has 13 heteroatoms. The summed E-state index contributed by atoms with van der Waals surface area (Å²) in [6, 6.07) is 22.9. The Morgan fingerprint density at radius 2 is 1.03 bits per heavy atom. The molecular formula is C54H86N6O7. The van der Waals surface area contributed by atoms with Crippen molar-refractivity contribution in [3.8, 4) is 0 Å². The van der Waals surface area contributed by atoms with Gasteiger partial charge in [0.05, 0.1) is 25.4 Å². The van der Waals surface area contributed by atoms with Crippen LogP contribution in [-0.2, 0) is 37.0 Å². The van der Waals surface area contributed by atoms with Crippen LogP contribution in [-0.4, -0.2) is 144 Å². The lowest BCUT2D eigenvalue weighted by atomic mass is 9.90.